The van der Waals surface area contributed by atoms with Crippen LogP contribution in [0.25, 0.3) is 5.57 Å². The van der Waals surface area contributed by atoms with Crippen LogP contribution in [0.3, 0.4) is 0 Å². The van der Waals surface area contributed by atoms with Gasteiger partial charge in [-0.3, -0.25) is 4.90 Å². The summed E-state index contributed by atoms with van der Waals surface area (Å²) < 4.78 is 0. The molecule has 0 aliphatic carbocycles. The topological polar surface area (TPSA) is 3.24 Å². The first-order chi connectivity index (χ1) is 8.58. The molecule has 1 aromatic rings. The Morgan fingerprint density at radius 1 is 1.00 bits per heavy atom. The van der Waals surface area contributed by atoms with E-state index in [2.05, 4.69) is 62.9 Å². The van der Waals surface area contributed by atoms with E-state index in [0.717, 1.165) is 6.54 Å². The molecule has 0 radical (unpaired) electrons. The molecule has 0 fully saturated rings. The van der Waals surface area contributed by atoms with Crippen molar-refractivity contribution in [3.05, 3.63) is 41.5 Å². The lowest BCUT2D eigenvalue weighted by molar-refractivity contribution is 0.245. The molecule has 0 atom stereocenters. The summed E-state index contributed by atoms with van der Waals surface area (Å²) in [6, 6.07) is 9.77. The van der Waals surface area contributed by atoms with E-state index >= 15 is 0 Å². The minimum atomic E-state index is 0.621. The fourth-order valence-corrected chi connectivity index (χ4v) is 2.50. The molecule has 0 unspecified atom stereocenters. The molecule has 1 aliphatic rings. The zero-order valence-electron chi connectivity index (χ0n) is 12.1. The highest BCUT2D eigenvalue weighted by atomic mass is 15.1. The van der Waals surface area contributed by atoms with Crippen molar-refractivity contribution in [3.63, 3.8) is 0 Å². The summed E-state index contributed by atoms with van der Waals surface area (Å²) in [4.78, 5) is 2.52. The number of nitrogens with zero attached hydrogens (tertiary/aromatic N) is 1. The summed E-state index contributed by atoms with van der Waals surface area (Å²) in [7, 11) is 0. The van der Waals surface area contributed by atoms with Gasteiger partial charge >= 0.3 is 0 Å². The van der Waals surface area contributed by atoms with Gasteiger partial charge < -0.3 is 0 Å². The Morgan fingerprint density at radius 2 is 1.67 bits per heavy atom. The van der Waals surface area contributed by atoms with Crippen LogP contribution in [0.2, 0.25) is 0 Å². The minimum Gasteiger partial charge on any atom is -0.297 e. The van der Waals surface area contributed by atoms with Crippen molar-refractivity contribution < 1.29 is 0 Å². The van der Waals surface area contributed by atoms with E-state index in [1.165, 1.54) is 29.7 Å². The quantitative estimate of drug-likeness (QED) is 0.764. The predicted octanol–water partition coefficient (Wildman–Crippen LogP) is 4.31. The minimum absolute atomic E-state index is 0.621. The van der Waals surface area contributed by atoms with Crippen LogP contribution >= 0.6 is 0 Å². The molecule has 0 saturated heterocycles. The summed E-state index contributed by atoms with van der Waals surface area (Å²) in [6.07, 6.45) is 3.58. The molecule has 1 heterocycles. The molecule has 2 rings (SSSR count). The van der Waals surface area contributed by atoms with E-state index in [4.69, 9.17) is 0 Å². The smallest absolute Gasteiger partial charge is 0.0171 e. The van der Waals surface area contributed by atoms with E-state index in [0.29, 0.717) is 12.0 Å². The second-order valence-corrected chi connectivity index (χ2v) is 5.84. The van der Waals surface area contributed by atoms with Crippen molar-refractivity contribution in [2.24, 2.45) is 0 Å². The van der Waals surface area contributed by atoms with E-state index < -0.39 is 0 Å². The Bertz CT molecular complexity index is 412. The summed E-state index contributed by atoms with van der Waals surface area (Å²) in [5, 5.41) is 0. The molecule has 1 heteroatoms. The number of rotatable bonds is 3. The second kappa shape index (κ2) is 5.71. The van der Waals surface area contributed by atoms with E-state index in [1.54, 1.807) is 0 Å². The van der Waals surface area contributed by atoms with Crippen LogP contribution in [0.15, 0.2) is 30.3 Å². The third-order valence-corrected chi connectivity index (χ3v) is 3.92. The summed E-state index contributed by atoms with van der Waals surface area (Å²) in [6.45, 7) is 11.3. The van der Waals surface area contributed by atoms with Crippen molar-refractivity contribution in [1.29, 1.82) is 0 Å². The lowest BCUT2D eigenvalue weighted by Gasteiger charge is -2.29. The van der Waals surface area contributed by atoms with Gasteiger partial charge in [0.1, 0.15) is 0 Å². The number of benzene rings is 1. The molecule has 1 aliphatic heterocycles. The molecule has 0 N–H and O–H groups in total. The first kappa shape index (κ1) is 13.4. The lowest BCUT2D eigenvalue weighted by Crippen LogP contribution is -2.34. The molecule has 18 heavy (non-hydrogen) atoms. The fraction of sp³-hybridized carbons (Fsp3) is 0.529. The number of hydrogen-bond acceptors (Lipinski definition) is 1. The summed E-state index contributed by atoms with van der Waals surface area (Å²) in [5.41, 5.74) is 4.35. The Kier molecular flexibility index (Phi) is 4.23. The maximum Gasteiger partial charge on any atom is 0.0171 e. The van der Waals surface area contributed by atoms with Gasteiger partial charge in [0.05, 0.1) is 0 Å². The van der Waals surface area contributed by atoms with Crippen LogP contribution < -0.4 is 0 Å². The molecular weight excluding hydrogens is 218 g/mol. The Hall–Kier alpha value is -1.08. The zero-order valence-corrected chi connectivity index (χ0v) is 12.1. The molecule has 1 nitrogen and oxygen atoms in total. The highest BCUT2D eigenvalue weighted by Crippen LogP contribution is 2.25. The summed E-state index contributed by atoms with van der Waals surface area (Å²) >= 11 is 0. The van der Waals surface area contributed by atoms with Crippen LogP contribution in [0.1, 0.15) is 51.2 Å². The van der Waals surface area contributed by atoms with Crippen molar-refractivity contribution in [1.82, 2.24) is 4.90 Å². The molecular formula is C17H25N. The zero-order chi connectivity index (χ0) is 13.1. The highest BCUT2D eigenvalue weighted by molar-refractivity contribution is 5.66. The Morgan fingerprint density at radius 3 is 2.11 bits per heavy atom. The van der Waals surface area contributed by atoms with Gasteiger partial charge in [0.15, 0.2) is 0 Å². The van der Waals surface area contributed by atoms with E-state index in [9.17, 15) is 0 Å². The Balaban J connectivity index is 2.09. The van der Waals surface area contributed by atoms with Gasteiger partial charge in [-0.2, -0.15) is 0 Å². The van der Waals surface area contributed by atoms with Crippen LogP contribution in [-0.4, -0.2) is 24.0 Å². The van der Waals surface area contributed by atoms with Gasteiger partial charge in [0, 0.05) is 19.1 Å². The summed E-state index contributed by atoms with van der Waals surface area (Å²) in [5.74, 6) is 0.621. The maximum atomic E-state index is 2.52. The number of hydrogen-bond donors (Lipinski definition) is 0. The highest BCUT2D eigenvalue weighted by Gasteiger charge is 2.14. The first-order valence-electron chi connectivity index (χ1n) is 7.11. The van der Waals surface area contributed by atoms with Crippen molar-refractivity contribution in [2.45, 2.75) is 46.1 Å². The molecule has 98 valence electrons. The normalized spacial score (nSPS) is 17.3. The molecule has 0 amide bonds. The molecule has 0 aromatic heterocycles. The van der Waals surface area contributed by atoms with Crippen LogP contribution in [0.5, 0.6) is 0 Å². The Labute approximate surface area is 112 Å². The van der Waals surface area contributed by atoms with Crippen molar-refractivity contribution >= 4 is 5.57 Å². The second-order valence-electron chi connectivity index (χ2n) is 5.84. The van der Waals surface area contributed by atoms with Gasteiger partial charge in [-0.05, 0) is 42.9 Å². The third-order valence-electron chi connectivity index (χ3n) is 3.92. The van der Waals surface area contributed by atoms with Crippen LogP contribution in [0, 0.1) is 0 Å². The first-order valence-corrected chi connectivity index (χ1v) is 7.11. The van der Waals surface area contributed by atoms with Gasteiger partial charge in [0.2, 0.25) is 0 Å². The maximum absolute atomic E-state index is 2.52. The van der Waals surface area contributed by atoms with Crippen molar-refractivity contribution in [3.8, 4) is 0 Å². The van der Waals surface area contributed by atoms with Crippen LogP contribution in [0.4, 0.5) is 0 Å². The third kappa shape index (κ3) is 3.02. The average molecular weight is 243 g/mol. The van der Waals surface area contributed by atoms with Gasteiger partial charge in [-0.1, -0.05) is 44.2 Å². The van der Waals surface area contributed by atoms with Crippen molar-refractivity contribution in [2.75, 3.05) is 13.1 Å². The van der Waals surface area contributed by atoms with Gasteiger partial charge in [0.25, 0.3) is 0 Å². The largest absolute Gasteiger partial charge is 0.297 e. The SMILES string of the molecule is CC(C)c1ccc(C2=CCN(C(C)C)CC2)cc1. The average Bonchev–Trinajstić information content (AvgIpc) is 2.39. The van der Waals surface area contributed by atoms with Gasteiger partial charge in [-0.25, -0.2) is 0 Å². The van der Waals surface area contributed by atoms with E-state index in [1.807, 2.05) is 0 Å². The van der Waals surface area contributed by atoms with Crippen LogP contribution in [-0.2, 0) is 0 Å². The predicted molar refractivity (Wildman–Crippen MR) is 79.8 cm³/mol. The monoisotopic (exact) mass is 243 g/mol. The standard InChI is InChI=1S/C17H25N/c1-13(2)15-5-7-16(8-6-15)17-9-11-18(12-10-17)14(3)4/h5-9,13-14H,10-12H2,1-4H3. The molecule has 1 aromatic carbocycles. The molecule has 0 bridgehead atoms. The fourth-order valence-electron chi connectivity index (χ4n) is 2.50. The van der Waals surface area contributed by atoms with Gasteiger partial charge in [-0.15, -0.1) is 0 Å². The lowest BCUT2D eigenvalue weighted by atomic mass is 9.95. The molecule has 0 saturated carbocycles. The molecule has 0 spiro atoms. The van der Waals surface area contributed by atoms with E-state index in [-0.39, 0.29) is 0 Å².